The lowest BCUT2D eigenvalue weighted by Crippen LogP contribution is -2.59. The predicted molar refractivity (Wildman–Crippen MR) is 90.6 cm³/mol. The largest absolute Gasteiger partial charge is 0.391 e. The summed E-state index contributed by atoms with van der Waals surface area (Å²) >= 11 is 0. The van der Waals surface area contributed by atoms with Crippen LogP contribution in [0.25, 0.3) is 0 Å². The van der Waals surface area contributed by atoms with Gasteiger partial charge in [-0.1, -0.05) is 13.3 Å². The van der Waals surface area contributed by atoms with E-state index in [1.165, 1.54) is 0 Å². The molecule has 1 aliphatic heterocycles. The summed E-state index contributed by atoms with van der Waals surface area (Å²) in [7, 11) is -4.05. The minimum absolute atomic E-state index is 0.0689. The quantitative estimate of drug-likeness (QED) is 0.599. The summed E-state index contributed by atoms with van der Waals surface area (Å²) in [5.41, 5.74) is 0. The van der Waals surface area contributed by atoms with Crippen LogP contribution in [-0.2, 0) is 15.0 Å². The number of nitrogens with zero attached hydrogens (tertiary/aromatic N) is 1. The molecule has 6 unspecified atom stereocenters. The molecule has 0 spiro atoms. The first-order chi connectivity index (χ1) is 11.8. The number of hydrogen-bond donors (Lipinski definition) is 3. The summed E-state index contributed by atoms with van der Waals surface area (Å²) in [6, 6.07) is -0.948. The van der Waals surface area contributed by atoms with Crippen LogP contribution < -0.4 is 10.0 Å². The molecule has 3 fully saturated rings. The molecule has 1 amide bonds. The number of hydrogen-bond acceptors (Lipinski definition) is 5. The average Bonchev–Trinajstić information content (AvgIpc) is 2.81. The first-order valence-electron chi connectivity index (χ1n) is 9.21. The number of aliphatic hydroxyl groups is 1. The van der Waals surface area contributed by atoms with Gasteiger partial charge in [0.05, 0.1) is 18.7 Å². The van der Waals surface area contributed by atoms with E-state index in [4.69, 9.17) is 0 Å². The highest BCUT2D eigenvalue weighted by atomic mass is 32.2. The third kappa shape index (κ3) is 3.84. The molecule has 0 bridgehead atoms. The van der Waals surface area contributed by atoms with E-state index in [2.05, 4.69) is 12.2 Å². The summed E-state index contributed by atoms with van der Waals surface area (Å²) < 4.78 is 42.1. The molecule has 3 aliphatic rings. The second kappa shape index (κ2) is 7.46. The monoisotopic (exact) mass is 377 g/mol. The van der Waals surface area contributed by atoms with Crippen LogP contribution in [0.5, 0.6) is 0 Å². The van der Waals surface area contributed by atoms with Gasteiger partial charge in [-0.25, -0.2) is 9.11 Å². The van der Waals surface area contributed by atoms with Crippen LogP contribution in [0.2, 0.25) is 0 Å². The molecule has 1 heterocycles. The van der Waals surface area contributed by atoms with Gasteiger partial charge in [-0.2, -0.15) is 12.7 Å². The maximum absolute atomic E-state index is 15.3. The third-order valence-electron chi connectivity index (χ3n) is 5.87. The van der Waals surface area contributed by atoms with Gasteiger partial charge in [0.1, 0.15) is 6.17 Å². The predicted octanol–water partition coefficient (Wildman–Crippen LogP) is 0.309. The van der Waals surface area contributed by atoms with E-state index in [0.29, 0.717) is 12.8 Å². The summed E-state index contributed by atoms with van der Waals surface area (Å²) in [6.45, 7) is 2.61. The number of aliphatic hydroxyl groups excluding tert-OH is 1. The molecule has 3 N–H and O–H groups in total. The minimum Gasteiger partial charge on any atom is -0.391 e. The molecule has 6 atom stereocenters. The third-order valence-corrected chi connectivity index (χ3v) is 7.34. The van der Waals surface area contributed by atoms with Crippen LogP contribution in [0.1, 0.15) is 45.4 Å². The molecule has 0 aromatic carbocycles. The molecule has 1 saturated heterocycles. The van der Waals surface area contributed by atoms with Crippen LogP contribution >= 0.6 is 0 Å². The van der Waals surface area contributed by atoms with Crippen molar-refractivity contribution in [2.75, 3.05) is 13.1 Å². The second-order valence-corrected chi connectivity index (χ2v) is 9.18. The van der Waals surface area contributed by atoms with Crippen molar-refractivity contribution in [2.24, 2.45) is 11.8 Å². The van der Waals surface area contributed by atoms with Crippen LogP contribution in [0.4, 0.5) is 4.39 Å². The van der Waals surface area contributed by atoms with Crippen molar-refractivity contribution in [3.05, 3.63) is 0 Å². The maximum atomic E-state index is 15.3. The van der Waals surface area contributed by atoms with Crippen LogP contribution in [0.3, 0.4) is 0 Å². The fourth-order valence-corrected chi connectivity index (χ4v) is 5.95. The van der Waals surface area contributed by atoms with Crippen molar-refractivity contribution in [2.45, 2.75) is 69.8 Å². The van der Waals surface area contributed by atoms with Gasteiger partial charge in [0.15, 0.2) is 0 Å². The van der Waals surface area contributed by atoms with Gasteiger partial charge in [0.2, 0.25) is 5.91 Å². The highest BCUT2D eigenvalue weighted by Crippen LogP contribution is 2.44. The highest BCUT2D eigenvalue weighted by molar-refractivity contribution is 7.88. The first-order valence-corrected chi connectivity index (χ1v) is 10.7. The Hall–Kier alpha value is -0.770. The minimum atomic E-state index is -4.05. The Morgan fingerprint density at radius 1 is 1.36 bits per heavy atom. The fraction of sp³-hybridized carbons (Fsp3) is 0.938. The summed E-state index contributed by atoms with van der Waals surface area (Å²) in [6.07, 6.45) is 2.45. The summed E-state index contributed by atoms with van der Waals surface area (Å²) in [5.74, 6) is -0.893. The highest BCUT2D eigenvalue weighted by Gasteiger charge is 2.53. The van der Waals surface area contributed by atoms with Gasteiger partial charge in [0.25, 0.3) is 0 Å². The normalized spacial score (nSPS) is 41.3. The van der Waals surface area contributed by atoms with Crippen molar-refractivity contribution in [3.63, 3.8) is 0 Å². The molecule has 3 rings (SSSR count). The van der Waals surface area contributed by atoms with Gasteiger partial charge in [-0.3, -0.25) is 4.79 Å². The number of amides is 1. The number of halogens is 1. The Morgan fingerprint density at radius 2 is 2.12 bits per heavy atom. The molecule has 7 nitrogen and oxygen atoms in total. The summed E-state index contributed by atoms with van der Waals surface area (Å²) in [4.78, 5) is 11.5. The number of carbonyl (C=O) groups is 1. The van der Waals surface area contributed by atoms with Crippen LogP contribution in [0, 0.1) is 11.8 Å². The first kappa shape index (κ1) is 19.0. The fourth-order valence-electron chi connectivity index (χ4n) is 4.61. The lowest BCUT2D eigenvalue weighted by molar-refractivity contribution is -0.119. The number of rotatable bonds is 5. The Kier molecular flexibility index (Phi) is 5.67. The van der Waals surface area contributed by atoms with E-state index >= 15 is 4.39 Å². The van der Waals surface area contributed by atoms with Crippen molar-refractivity contribution in [3.8, 4) is 0 Å². The standard InChI is InChI=1S/C16H28FN3O4S/c1-2-3-6-18-11-5-4-10-7-13(21)16(15(17)12(10)8-11)20-9-14(22)19-25(20,23)24/h10-13,15-16,18,21H,2-9H2,1H3,(H,19,22). The van der Waals surface area contributed by atoms with E-state index in [1.54, 1.807) is 0 Å². The van der Waals surface area contributed by atoms with Crippen molar-refractivity contribution in [1.29, 1.82) is 0 Å². The van der Waals surface area contributed by atoms with E-state index in [0.717, 1.165) is 36.5 Å². The SMILES string of the molecule is CCCCNC1CCC2CC(O)C(N3CC(=O)NS3(=O)=O)C(F)C2C1. The van der Waals surface area contributed by atoms with Crippen molar-refractivity contribution >= 4 is 16.1 Å². The molecule has 2 aliphatic carbocycles. The number of unbranched alkanes of at least 4 members (excludes halogenated alkanes) is 1. The van der Waals surface area contributed by atoms with Gasteiger partial charge >= 0.3 is 10.2 Å². The number of carbonyl (C=O) groups excluding carboxylic acids is 1. The Morgan fingerprint density at radius 3 is 2.76 bits per heavy atom. The van der Waals surface area contributed by atoms with Crippen LogP contribution in [0.15, 0.2) is 0 Å². The zero-order chi connectivity index (χ0) is 18.2. The Labute approximate surface area is 148 Å². The van der Waals surface area contributed by atoms with E-state index in [9.17, 15) is 18.3 Å². The van der Waals surface area contributed by atoms with Gasteiger partial charge in [0, 0.05) is 6.04 Å². The molecule has 2 saturated carbocycles. The molecule has 0 aromatic heterocycles. The Bertz CT molecular complexity index is 602. The lowest BCUT2D eigenvalue weighted by Gasteiger charge is -2.48. The van der Waals surface area contributed by atoms with E-state index < -0.39 is 41.0 Å². The lowest BCUT2D eigenvalue weighted by atomic mass is 9.66. The average molecular weight is 377 g/mol. The second-order valence-electron chi connectivity index (χ2n) is 7.56. The maximum Gasteiger partial charge on any atom is 0.304 e. The number of nitrogens with one attached hydrogen (secondary N) is 2. The zero-order valence-electron chi connectivity index (χ0n) is 14.5. The van der Waals surface area contributed by atoms with Gasteiger partial charge < -0.3 is 10.4 Å². The molecule has 9 heteroatoms. The smallest absolute Gasteiger partial charge is 0.304 e. The molecular weight excluding hydrogens is 349 g/mol. The van der Waals surface area contributed by atoms with Crippen molar-refractivity contribution in [1.82, 2.24) is 14.3 Å². The van der Waals surface area contributed by atoms with Gasteiger partial charge in [-0.15, -0.1) is 0 Å². The molecule has 144 valence electrons. The zero-order valence-corrected chi connectivity index (χ0v) is 15.3. The number of fused-ring (bicyclic) bond motifs is 1. The van der Waals surface area contributed by atoms with Crippen LogP contribution in [-0.4, -0.2) is 61.2 Å². The number of alkyl halides is 1. The van der Waals surface area contributed by atoms with Crippen molar-refractivity contribution < 1.29 is 22.7 Å². The summed E-state index contributed by atoms with van der Waals surface area (Å²) in [5, 5.41) is 13.9. The molecule has 25 heavy (non-hydrogen) atoms. The van der Waals surface area contributed by atoms with Gasteiger partial charge in [-0.05, 0) is 50.5 Å². The van der Waals surface area contributed by atoms with E-state index in [1.807, 2.05) is 4.72 Å². The molecule has 0 aromatic rings. The molecule has 0 radical (unpaired) electrons. The molecular formula is C16H28FN3O4S. The van der Waals surface area contributed by atoms with E-state index in [-0.39, 0.29) is 17.9 Å². The topological polar surface area (TPSA) is 98.7 Å². The Balaban J connectivity index is 1.72.